The van der Waals surface area contributed by atoms with Gasteiger partial charge in [0.25, 0.3) is 5.91 Å². The van der Waals surface area contributed by atoms with Gasteiger partial charge in [-0.25, -0.2) is 4.39 Å². The molecule has 0 atom stereocenters. The van der Waals surface area contributed by atoms with Crippen LogP contribution in [-0.4, -0.2) is 36.9 Å². The molecule has 2 N–H and O–H groups in total. The van der Waals surface area contributed by atoms with E-state index in [1.807, 2.05) is 13.8 Å². The van der Waals surface area contributed by atoms with E-state index in [0.717, 1.165) is 6.07 Å². The van der Waals surface area contributed by atoms with Crippen molar-refractivity contribution in [3.05, 3.63) is 35.1 Å². The van der Waals surface area contributed by atoms with Crippen molar-refractivity contribution in [1.82, 2.24) is 5.32 Å². The van der Waals surface area contributed by atoms with Gasteiger partial charge in [0.05, 0.1) is 24.3 Å². The average molecular weight is 293 g/mol. The van der Waals surface area contributed by atoms with Gasteiger partial charge in [-0.2, -0.15) is 0 Å². The molecule has 1 rings (SSSR count). The van der Waals surface area contributed by atoms with E-state index in [2.05, 4.69) is 17.2 Å². The first kappa shape index (κ1) is 17.2. The molecule has 0 heterocycles. The second-order valence-corrected chi connectivity index (χ2v) is 5.24. The van der Waals surface area contributed by atoms with Crippen molar-refractivity contribution < 1.29 is 19.0 Å². The second-order valence-electron chi connectivity index (χ2n) is 5.24. The minimum Gasteiger partial charge on any atom is -0.395 e. The van der Waals surface area contributed by atoms with Gasteiger partial charge in [-0.15, -0.1) is 0 Å². The zero-order valence-electron chi connectivity index (χ0n) is 12.5. The highest BCUT2D eigenvalue weighted by atomic mass is 19.1. The maximum Gasteiger partial charge on any atom is 0.251 e. The van der Waals surface area contributed by atoms with E-state index in [1.54, 1.807) is 7.11 Å². The largest absolute Gasteiger partial charge is 0.395 e. The van der Waals surface area contributed by atoms with Crippen LogP contribution in [0.25, 0.3) is 0 Å². The molecule has 0 saturated heterocycles. The Bertz CT molecular complexity index is 558. The number of aliphatic hydroxyl groups is 1. The lowest BCUT2D eigenvalue weighted by atomic mass is 10.1. The molecule has 0 spiro atoms. The molecule has 5 heteroatoms. The van der Waals surface area contributed by atoms with Gasteiger partial charge in [0, 0.05) is 19.1 Å². The number of aliphatic hydroxyl groups excluding tert-OH is 1. The second kappa shape index (κ2) is 7.77. The van der Waals surface area contributed by atoms with Crippen molar-refractivity contribution in [3.8, 4) is 11.8 Å². The topological polar surface area (TPSA) is 58.6 Å². The lowest BCUT2D eigenvalue weighted by molar-refractivity contribution is 0.0819. The molecule has 0 unspecified atom stereocenters. The number of benzene rings is 1. The summed E-state index contributed by atoms with van der Waals surface area (Å²) in [4.78, 5) is 12.1. The first-order valence-electron chi connectivity index (χ1n) is 6.60. The van der Waals surface area contributed by atoms with E-state index in [4.69, 9.17) is 9.84 Å². The number of amides is 1. The van der Waals surface area contributed by atoms with Crippen molar-refractivity contribution in [2.45, 2.75) is 25.8 Å². The number of hydrogen-bond acceptors (Lipinski definition) is 3. The lowest BCUT2D eigenvalue weighted by Gasteiger charge is -2.25. The third-order valence-electron chi connectivity index (χ3n) is 2.65. The first-order valence-corrected chi connectivity index (χ1v) is 6.60. The zero-order chi connectivity index (χ0) is 15.9. The standard InChI is InChI=1S/C16H20FNO3/c1-16(2,11-21-3)18-15(20)13-8-7-12(14(17)10-13)6-4-5-9-19/h7-8,10,19H,5,9,11H2,1-3H3,(H,18,20). The number of carbonyl (C=O) groups excluding carboxylic acids is 1. The molecule has 0 aliphatic rings. The zero-order valence-corrected chi connectivity index (χ0v) is 12.5. The summed E-state index contributed by atoms with van der Waals surface area (Å²) in [6, 6.07) is 4.13. The molecule has 0 aliphatic heterocycles. The number of rotatable bonds is 5. The Morgan fingerprint density at radius 3 is 2.76 bits per heavy atom. The summed E-state index contributed by atoms with van der Waals surface area (Å²) in [5.74, 6) is 4.32. The van der Waals surface area contributed by atoms with Crippen LogP contribution in [0.3, 0.4) is 0 Å². The molecule has 1 aromatic carbocycles. The number of carbonyl (C=O) groups is 1. The van der Waals surface area contributed by atoms with Crippen LogP contribution in [0, 0.1) is 17.7 Å². The predicted molar refractivity (Wildman–Crippen MR) is 78.4 cm³/mol. The van der Waals surface area contributed by atoms with E-state index in [9.17, 15) is 9.18 Å². The quantitative estimate of drug-likeness (QED) is 0.813. The fraction of sp³-hybridized carbons (Fsp3) is 0.438. The number of hydrogen-bond donors (Lipinski definition) is 2. The molecular weight excluding hydrogens is 273 g/mol. The Hall–Kier alpha value is -1.90. The van der Waals surface area contributed by atoms with Gasteiger partial charge in [0.15, 0.2) is 0 Å². The predicted octanol–water partition coefficient (Wildman–Crippen LogP) is 1.71. The molecule has 1 aromatic rings. The summed E-state index contributed by atoms with van der Waals surface area (Å²) >= 11 is 0. The highest BCUT2D eigenvalue weighted by Crippen LogP contribution is 2.11. The van der Waals surface area contributed by atoms with Gasteiger partial charge in [0.1, 0.15) is 5.82 Å². The smallest absolute Gasteiger partial charge is 0.251 e. The van der Waals surface area contributed by atoms with E-state index >= 15 is 0 Å². The van der Waals surface area contributed by atoms with Crippen LogP contribution >= 0.6 is 0 Å². The van der Waals surface area contributed by atoms with Crippen LogP contribution < -0.4 is 5.32 Å². The molecule has 4 nitrogen and oxygen atoms in total. The highest BCUT2D eigenvalue weighted by molar-refractivity contribution is 5.94. The van der Waals surface area contributed by atoms with Crippen molar-refractivity contribution in [1.29, 1.82) is 0 Å². The summed E-state index contributed by atoms with van der Waals surface area (Å²) in [6.45, 7) is 3.93. The number of methoxy groups -OCH3 is 1. The fourth-order valence-electron chi connectivity index (χ4n) is 1.75. The summed E-state index contributed by atoms with van der Waals surface area (Å²) in [6.07, 6.45) is 0.285. The van der Waals surface area contributed by atoms with E-state index in [-0.39, 0.29) is 30.1 Å². The van der Waals surface area contributed by atoms with Crippen molar-refractivity contribution in [2.24, 2.45) is 0 Å². The summed E-state index contributed by atoms with van der Waals surface area (Å²) < 4.78 is 18.9. The van der Waals surface area contributed by atoms with E-state index in [0.29, 0.717) is 6.61 Å². The molecule has 0 saturated carbocycles. The third-order valence-corrected chi connectivity index (χ3v) is 2.65. The summed E-state index contributed by atoms with van der Waals surface area (Å²) in [5.41, 5.74) is -0.109. The Kier molecular flexibility index (Phi) is 6.35. The van der Waals surface area contributed by atoms with Gasteiger partial charge in [-0.05, 0) is 32.0 Å². The molecular formula is C16H20FNO3. The fourth-order valence-corrected chi connectivity index (χ4v) is 1.75. The van der Waals surface area contributed by atoms with Crippen LogP contribution in [0.4, 0.5) is 4.39 Å². The Labute approximate surface area is 124 Å². The summed E-state index contributed by atoms with van der Waals surface area (Å²) in [7, 11) is 1.55. The van der Waals surface area contributed by atoms with Gasteiger partial charge >= 0.3 is 0 Å². The van der Waals surface area contributed by atoms with Crippen LogP contribution in [0.15, 0.2) is 18.2 Å². The average Bonchev–Trinajstić information content (AvgIpc) is 2.40. The Morgan fingerprint density at radius 1 is 1.48 bits per heavy atom. The van der Waals surface area contributed by atoms with E-state index in [1.165, 1.54) is 12.1 Å². The lowest BCUT2D eigenvalue weighted by Crippen LogP contribution is -2.46. The maximum absolute atomic E-state index is 13.8. The van der Waals surface area contributed by atoms with Crippen molar-refractivity contribution in [2.75, 3.05) is 20.3 Å². The van der Waals surface area contributed by atoms with Crippen molar-refractivity contribution >= 4 is 5.91 Å². The van der Waals surface area contributed by atoms with Gasteiger partial charge in [-0.1, -0.05) is 11.8 Å². The first-order chi connectivity index (χ1) is 9.89. The van der Waals surface area contributed by atoms with Crippen LogP contribution in [0.1, 0.15) is 36.2 Å². The Morgan fingerprint density at radius 2 is 2.19 bits per heavy atom. The minimum atomic E-state index is -0.558. The van der Waals surface area contributed by atoms with Gasteiger partial charge in [0.2, 0.25) is 0 Å². The third kappa shape index (κ3) is 5.54. The monoisotopic (exact) mass is 293 g/mol. The van der Waals surface area contributed by atoms with Crippen molar-refractivity contribution in [3.63, 3.8) is 0 Å². The number of halogens is 1. The minimum absolute atomic E-state index is 0.0658. The molecule has 0 radical (unpaired) electrons. The van der Waals surface area contributed by atoms with Gasteiger partial charge < -0.3 is 15.2 Å². The molecule has 0 bridgehead atoms. The van der Waals surface area contributed by atoms with Gasteiger partial charge in [-0.3, -0.25) is 4.79 Å². The molecule has 21 heavy (non-hydrogen) atoms. The number of nitrogens with one attached hydrogen (secondary N) is 1. The Balaban J connectivity index is 2.84. The summed E-state index contributed by atoms with van der Waals surface area (Å²) in [5, 5.41) is 11.4. The van der Waals surface area contributed by atoms with E-state index < -0.39 is 11.4 Å². The molecule has 114 valence electrons. The maximum atomic E-state index is 13.8. The molecule has 0 aliphatic carbocycles. The SMILES string of the molecule is COCC(C)(C)NC(=O)c1ccc(C#CCCO)c(F)c1. The molecule has 1 amide bonds. The van der Waals surface area contributed by atoms with Crippen LogP contribution in [0.2, 0.25) is 0 Å². The number of ether oxygens (including phenoxy) is 1. The highest BCUT2D eigenvalue weighted by Gasteiger charge is 2.21. The molecule has 0 aromatic heterocycles. The normalized spacial score (nSPS) is 10.7. The van der Waals surface area contributed by atoms with Crippen LogP contribution in [-0.2, 0) is 4.74 Å². The molecule has 0 fully saturated rings. The van der Waals surface area contributed by atoms with Crippen LogP contribution in [0.5, 0.6) is 0 Å².